The normalized spacial score (nSPS) is 40.5. The first-order valence-electron chi connectivity index (χ1n) is 4.39. The number of aliphatic carboxylic acids is 1. The molecule has 0 aliphatic heterocycles. The van der Waals surface area contributed by atoms with Gasteiger partial charge in [-0.25, -0.2) is 0 Å². The minimum Gasteiger partial charge on any atom is -0.481 e. The summed E-state index contributed by atoms with van der Waals surface area (Å²) in [5, 5.41) is 8.74. The van der Waals surface area contributed by atoms with Crippen LogP contribution in [0.3, 0.4) is 0 Å². The number of carbonyl (C=O) groups is 1. The number of rotatable bonds is 1. The van der Waals surface area contributed by atoms with Crippen molar-refractivity contribution in [3.63, 3.8) is 0 Å². The summed E-state index contributed by atoms with van der Waals surface area (Å²) < 4.78 is 37.6. The lowest BCUT2D eigenvalue weighted by Gasteiger charge is -2.26. The summed E-state index contributed by atoms with van der Waals surface area (Å²) in [6.45, 7) is 0. The lowest BCUT2D eigenvalue weighted by atomic mass is 9.82. The van der Waals surface area contributed by atoms with Gasteiger partial charge in [0.05, 0.1) is 11.8 Å². The lowest BCUT2D eigenvalue weighted by molar-refractivity contribution is -0.199. The Morgan fingerprint density at radius 1 is 1.29 bits per heavy atom. The number of fused-ring (bicyclic) bond motifs is 2. The molecule has 1 fully saturated rings. The van der Waals surface area contributed by atoms with Gasteiger partial charge in [0.25, 0.3) is 0 Å². The van der Waals surface area contributed by atoms with Gasteiger partial charge in [-0.1, -0.05) is 12.2 Å². The SMILES string of the molecule is O=C(O)[C@@H]1[C@@H](C(F)(F)F)[C@H]2C=C[C@@H]1C2. The number of carboxylic acids is 1. The van der Waals surface area contributed by atoms with Crippen molar-refractivity contribution in [2.45, 2.75) is 12.6 Å². The van der Waals surface area contributed by atoms with E-state index in [1.54, 1.807) is 6.08 Å². The average molecular weight is 206 g/mol. The van der Waals surface area contributed by atoms with Gasteiger partial charge in [0.1, 0.15) is 0 Å². The molecule has 0 aromatic rings. The monoisotopic (exact) mass is 206 g/mol. The van der Waals surface area contributed by atoms with Crippen LogP contribution in [0.5, 0.6) is 0 Å². The van der Waals surface area contributed by atoms with Crippen molar-refractivity contribution >= 4 is 5.97 Å². The number of hydrogen-bond acceptors (Lipinski definition) is 1. The first-order chi connectivity index (χ1) is 6.41. The van der Waals surface area contributed by atoms with Gasteiger partial charge in [-0.15, -0.1) is 0 Å². The second kappa shape index (κ2) is 2.74. The maximum absolute atomic E-state index is 12.5. The van der Waals surface area contributed by atoms with Gasteiger partial charge in [-0.2, -0.15) is 13.2 Å². The highest BCUT2D eigenvalue weighted by Gasteiger charge is 2.59. The van der Waals surface area contributed by atoms with E-state index in [1.165, 1.54) is 6.08 Å². The molecule has 1 saturated carbocycles. The Morgan fingerprint density at radius 2 is 1.86 bits per heavy atom. The van der Waals surface area contributed by atoms with Crippen LogP contribution in [0.15, 0.2) is 12.2 Å². The number of allylic oxidation sites excluding steroid dienone is 2. The largest absolute Gasteiger partial charge is 0.481 e. The fraction of sp³-hybridized carbons (Fsp3) is 0.667. The quantitative estimate of drug-likeness (QED) is 0.667. The fourth-order valence-electron chi connectivity index (χ4n) is 2.61. The number of carboxylic acid groups (broad SMARTS) is 1. The third-order valence-corrected chi connectivity index (χ3v) is 3.12. The lowest BCUT2D eigenvalue weighted by Crippen LogP contribution is -2.37. The molecule has 1 N–H and O–H groups in total. The molecule has 2 rings (SSSR count). The summed E-state index contributed by atoms with van der Waals surface area (Å²) in [6.07, 6.45) is -0.956. The number of halogens is 3. The standard InChI is InChI=1S/C9H9F3O2/c10-9(11,12)7-5-2-1-4(3-5)6(7)8(13)14/h1-2,4-7H,3H2,(H,13,14)/t4-,5+,6+,7+/m1/s1. The van der Waals surface area contributed by atoms with Gasteiger partial charge < -0.3 is 5.11 Å². The molecule has 0 amide bonds. The van der Waals surface area contributed by atoms with Crippen LogP contribution in [0.25, 0.3) is 0 Å². The van der Waals surface area contributed by atoms with E-state index >= 15 is 0 Å². The van der Waals surface area contributed by atoms with E-state index in [9.17, 15) is 18.0 Å². The maximum atomic E-state index is 12.5. The van der Waals surface area contributed by atoms with Crippen LogP contribution in [-0.4, -0.2) is 17.3 Å². The van der Waals surface area contributed by atoms with Crippen LogP contribution in [0.1, 0.15) is 6.42 Å². The van der Waals surface area contributed by atoms with Crippen LogP contribution in [0, 0.1) is 23.7 Å². The molecule has 0 saturated heterocycles. The van der Waals surface area contributed by atoms with Crippen molar-refractivity contribution in [1.29, 1.82) is 0 Å². The summed E-state index contributed by atoms with van der Waals surface area (Å²) in [5.41, 5.74) is 0. The zero-order valence-corrected chi connectivity index (χ0v) is 7.16. The Morgan fingerprint density at radius 3 is 2.29 bits per heavy atom. The number of hydrogen-bond donors (Lipinski definition) is 1. The molecule has 2 bridgehead atoms. The van der Waals surface area contributed by atoms with Gasteiger partial charge in [-0.05, 0) is 18.3 Å². The van der Waals surface area contributed by atoms with Gasteiger partial charge in [0, 0.05) is 0 Å². The van der Waals surface area contributed by atoms with Crippen molar-refractivity contribution in [3.05, 3.63) is 12.2 Å². The van der Waals surface area contributed by atoms with E-state index in [-0.39, 0.29) is 0 Å². The van der Waals surface area contributed by atoms with Crippen LogP contribution in [0.4, 0.5) is 13.2 Å². The first-order valence-corrected chi connectivity index (χ1v) is 4.39. The molecular formula is C9H9F3O2. The molecule has 0 aromatic carbocycles. The van der Waals surface area contributed by atoms with Crippen molar-refractivity contribution in [3.8, 4) is 0 Å². The topological polar surface area (TPSA) is 37.3 Å². The Kier molecular flexibility index (Phi) is 1.87. The smallest absolute Gasteiger partial charge is 0.393 e. The van der Waals surface area contributed by atoms with E-state index in [2.05, 4.69) is 0 Å². The van der Waals surface area contributed by atoms with Crippen LogP contribution in [-0.2, 0) is 4.79 Å². The Hall–Kier alpha value is -1.00. The Labute approximate surface area is 78.4 Å². The van der Waals surface area contributed by atoms with Crippen molar-refractivity contribution < 1.29 is 23.1 Å². The van der Waals surface area contributed by atoms with Crippen LogP contribution < -0.4 is 0 Å². The third-order valence-electron chi connectivity index (χ3n) is 3.12. The molecule has 2 nitrogen and oxygen atoms in total. The van der Waals surface area contributed by atoms with Crippen molar-refractivity contribution in [2.24, 2.45) is 23.7 Å². The molecule has 4 atom stereocenters. The van der Waals surface area contributed by atoms with Crippen LogP contribution in [0.2, 0.25) is 0 Å². The summed E-state index contributed by atoms with van der Waals surface area (Å²) >= 11 is 0. The molecule has 5 heteroatoms. The molecule has 0 spiro atoms. The molecule has 0 radical (unpaired) electrons. The van der Waals surface area contributed by atoms with Gasteiger partial charge in [-0.3, -0.25) is 4.79 Å². The zero-order valence-electron chi connectivity index (χ0n) is 7.16. The minimum atomic E-state index is -4.40. The van der Waals surface area contributed by atoms with Crippen molar-refractivity contribution in [2.75, 3.05) is 0 Å². The van der Waals surface area contributed by atoms with E-state index in [0.29, 0.717) is 6.42 Å². The van der Waals surface area contributed by atoms with E-state index < -0.39 is 35.8 Å². The van der Waals surface area contributed by atoms with E-state index in [4.69, 9.17) is 5.11 Å². The van der Waals surface area contributed by atoms with Crippen LogP contribution >= 0.6 is 0 Å². The summed E-state index contributed by atoms with van der Waals surface area (Å²) in [6, 6.07) is 0. The minimum absolute atomic E-state index is 0.334. The Balaban J connectivity index is 2.31. The highest BCUT2D eigenvalue weighted by molar-refractivity contribution is 5.72. The molecule has 0 aromatic heterocycles. The number of alkyl halides is 3. The summed E-state index contributed by atoms with van der Waals surface area (Å²) in [7, 11) is 0. The maximum Gasteiger partial charge on any atom is 0.393 e. The molecular weight excluding hydrogens is 197 g/mol. The van der Waals surface area contributed by atoms with Gasteiger partial charge >= 0.3 is 12.1 Å². The predicted octanol–water partition coefficient (Wildman–Crippen LogP) is 2.07. The van der Waals surface area contributed by atoms with E-state index in [0.717, 1.165) is 0 Å². The molecule has 0 unspecified atom stereocenters. The molecule has 2 aliphatic carbocycles. The Bertz CT molecular complexity index is 295. The third kappa shape index (κ3) is 1.22. The van der Waals surface area contributed by atoms with Gasteiger partial charge in [0.15, 0.2) is 0 Å². The highest BCUT2D eigenvalue weighted by atomic mass is 19.4. The molecule has 0 heterocycles. The second-order valence-corrected chi connectivity index (χ2v) is 3.88. The first kappa shape index (κ1) is 9.55. The molecule has 2 aliphatic rings. The second-order valence-electron chi connectivity index (χ2n) is 3.88. The average Bonchev–Trinajstić information content (AvgIpc) is 2.58. The summed E-state index contributed by atoms with van der Waals surface area (Å²) in [4.78, 5) is 10.7. The molecule has 78 valence electrons. The van der Waals surface area contributed by atoms with Crippen molar-refractivity contribution in [1.82, 2.24) is 0 Å². The van der Waals surface area contributed by atoms with E-state index in [1.807, 2.05) is 0 Å². The fourth-order valence-corrected chi connectivity index (χ4v) is 2.61. The summed E-state index contributed by atoms with van der Waals surface area (Å²) in [5.74, 6) is -5.34. The highest BCUT2D eigenvalue weighted by Crippen LogP contribution is 2.54. The van der Waals surface area contributed by atoms with Gasteiger partial charge in [0.2, 0.25) is 0 Å². The predicted molar refractivity (Wildman–Crippen MR) is 41.4 cm³/mol. The zero-order chi connectivity index (χ0) is 10.5. The molecule has 14 heavy (non-hydrogen) atoms.